The topological polar surface area (TPSA) is 66.3 Å². The van der Waals surface area contributed by atoms with Crippen molar-refractivity contribution in [1.82, 2.24) is 14.9 Å². The summed E-state index contributed by atoms with van der Waals surface area (Å²) >= 11 is 0. The Labute approximate surface area is 87.8 Å². The van der Waals surface area contributed by atoms with Crippen molar-refractivity contribution in [1.29, 1.82) is 0 Å². The highest BCUT2D eigenvalue weighted by molar-refractivity contribution is 5.92. The summed E-state index contributed by atoms with van der Waals surface area (Å²) in [6.07, 6.45) is 3.02. The molecule has 5 nitrogen and oxygen atoms in total. The predicted octanol–water partition coefficient (Wildman–Crippen LogP) is -0.00818. The number of carbonyl (C=O) groups excluding carboxylic acids is 1. The van der Waals surface area contributed by atoms with Crippen LogP contribution in [-0.2, 0) is 0 Å². The van der Waals surface area contributed by atoms with Crippen molar-refractivity contribution >= 4 is 5.91 Å². The molecule has 15 heavy (non-hydrogen) atoms. The molecule has 1 aromatic heterocycles. The van der Waals surface area contributed by atoms with Gasteiger partial charge in [0.1, 0.15) is 5.69 Å². The molecule has 80 valence electrons. The zero-order valence-electron chi connectivity index (χ0n) is 8.77. The van der Waals surface area contributed by atoms with E-state index in [1.165, 1.54) is 6.20 Å². The maximum atomic E-state index is 11.7. The summed E-state index contributed by atoms with van der Waals surface area (Å²) < 4.78 is 0. The van der Waals surface area contributed by atoms with E-state index in [1.54, 1.807) is 18.0 Å². The summed E-state index contributed by atoms with van der Waals surface area (Å²) in [5.74, 6) is -0.172. The molecule has 1 saturated heterocycles. The van der Waals surface area contributed by atoms with E-state index in [9.17, 15) is 9.90 Å². The van der Waals surface area contributed by atoms with Gasteiger partial charge in [-0.1, -0.05) is 0 Å². The molecule has 1 aliphatic rings. The largest absolute Gasteiger partial charge is 0.386 e. The Hall–Kier alpha value is -1.49. The first-order chi connectivity index (χ1) is 6.98. The fraction of sp³-hybridized carbons (Fsp3) is 0.500. The number of hydrogen-bond acceptors (Lipinski definition) is 4. The summed E-state index contributed by atoms with van der Waals surface area (Å²) in [5, 5.41) is 9.49. The van der Waals surface area contributed by atoms with Crippen LogP contribution in [0.4, 0.5) is 0 Å². The van der Waals surface area contributed by atoms with E-state index in [4.69, 9.17) is 0 Å². The van der Waals surface area contributed by atoms with Crippen molar-refractivity contribution in [2.45, 2.75) is 19.4 Å². The summed E-state index contributed by atoms with van der Waals surface area (Å²) in [6, 6.07) is 0. The monoisotopic (exact) mass is 207 g/mol. The van der Waals surface area contributed by atoms with E-state index in [1.807, 2.05) is 6.92 Å². The molecular formula is C10H13N3O2. The van der Waals surface area contributed by atoms with Crippen molar-refractivity contribution in [2.24, 2.45) is 0 Å². The van der Waals surface area contributed by atoms with Crippen molar-refractivity contribution in [3.63, 3.8) is 0 Å². The van der Waals surface area contributed by atoms with E-state index < -0.39 is 5.60 Å². The highest BCUT2D eigenvalue weighted by atomic mass is 16.3. The fourth-order valence-electron chi connectivity index (χ4n) is 1.58. The van der Waals surface area contributed by atoms with Gasteiger partial charge >= 0.3 is 0 Å². The first kappa shape index (κ1) is 10.0. The Morgan fingerprint density at radius 3 is 2.60 bits per heavy atom. The van der Waals surface area contributed by atoms with E-state index in [0.29, 0.717) is 18.8 Å². The number of β-amino-alcohol motifs (C(OH)–C–C–N with tert-alkyl or cyclic N) is 1. The van der Waals surface area contributed by atoms with Gasteiger partial charge in [0.05, 0.1) is 30.6 Å². The first-order valence-electron chi connectivity index (χ1n) is 4.78. The minimum atomic E-state index is -0.742. The van der Waals surface area contributed by atoms with Crippen molar-refractivity contribution in [3.8, 4) is 0 Å². The molecule has 0 aliphatic carbocycles. The zero-order chi connectivity index (χ0) is 11.1. The van der Waals surface area contributed by atoms with Gasteiger partial charge in [-0.05, 0) is 13.8 Å². The summed E-state index contributed by atoms with van der Waals surface area (Å²) in [6.45, 7) is 4.25. The maximum Gasteiger partial charge on any atom is 0.274 e. The second-order valence-corrected chi connectivity index (χ2v) is 4.20. The minimum absolute atomic E-state index is 0.172. The maximum absolute atomic E-state index is 11.7. The van der Waals surface area contributed by atoms with Gasteiger partial charge in [0.15, 0.2) is 0 Å². The third-order valence-electron chi connectivity index (χ3n) is 2.35. The SMILES string of the molecule is Cc1cnc(C(=O)N2CC(C)(O)C2)cn1. The van der Waals surface area contributed by atoms with Crippen LogP contribution in [0, 0.1) is 6.92 Å². The lowest BCUT2D eigenvalue weighted by Crippen LogP contribution is -2.61. The van der Waals surface area contributed by atoms with Crippen LogP contribution in [0.1, 0.15) is 23.1 Å². The van der Waals surface area contributed by atoms with E-state index in [-0.39, 0.29) is 5.91 Å². The Morgan fingerprint density at radius 2 is 2.13 bits per heavy atom. The van der Waals surface area contributed by atoms with E-state index >= 15 is 0 Å². The predicted molar refractivity (Wildman–Crippen MR) is 53.3 cm³/mol. The van der Waals surface area contributed by atoms with Crippen molar-refractivity contribution < 1.29 is 9.90 Å². The normalized spacial score (nSPS) is 18.5. The molecule has 0 unspecified atom stereocenters. The lowest BCUT2D eigenvalue weighted by Gasteiger charge is -2.43. The van der Waals surface area contributed by atoms with Gasteiger partial charge in [0, 0.05) is 6.20 Å². The molecule has 0 spiro atoms. The zero-order valence-corrected chi connectivity index (χ0v) is 8.77. The second kappa shape index (κ2) is 3.27. The molecule has 2 heterocycles. The molecule has 1 aromatic rings. The van der Waals surface area contributed by atoms with Crippen LogP contribution in [0.15, 0.2) is 12.4 Å². The van der Waals surface area contributed by atoms with Crippen LogP contribution in [0.5, 0.6) is 0 Å². The summed E-state index contributed by atoms with van der Waals surface area (Å²) in [5.41, 5.74) is 0.367. The fourth-order valence-corrected chi connectivity index (χ4v) is 1.58. The van der Waals surface area contributed by atoms with Crippen LogP contribution >= 0.6 is 0 Å². The highest BCUT2D eigenvalue weighted by Gasteiger charge is 2.40. The highest BCUT2D eigenvalue weighted by Crippen LogP contribution is 2.21. The molecule has 1 N–H and O–H groups in total. The number of aliphatic hydroxyl groups is 1. The van der Waals surface area contributed by atoms with Gasteiger partial charge in [-0.15, -0.1) is 0 Å². The Bertz CT molecular complexity index is 378. The van der Waals surface area contributed by atoms with Crippen LogP contribution in [0.25, 0.3) is 0 Å². The van der Waals surface area contributed by atoms with Crippen LogP contribution in [0.2, 0.25) is 0 Å². The van der Waals surface area contributed by atoms with Gasteiger partial charge in [-0.25, -0.2) is 4.98 Å². The third-order valence-corrected chi connectivity index (χ3v) is 2.35. The molecule has 0 radical (unpaired) electrons. The summed E-state index contributed by atoms with van der Waals surface area (Å²) in [7, 11) is 0. The molecule has 2 rings (SSSR count). The number of amides is 1. The van der Waals surface area contributed by atoms with Crippen LogP contribution in [0.3, 0.4) is 0 Å². The number of aromatic nitrogens is 2. The first-order valence-corrected chi connectivity index (χ1v) is 4.78. The second-order valence-electron chi connectivity index (χ2n) is 4.20. The lowest BCUT2D eigenvalue weighted by molar-refractivity contribution is -0.0670. The Kier molecular flexibility index (Phi) is 2.19. The van der Waals surface area contributed by atoms with Gasteiger partial charge < -0.3 is 10.0 Å². The summed E-state index contributed by atoms with van der Waals surface area (Å²) in [4.78, 5) is 21.3. The van der Waals surface area contributed by atoms with E-state index in [0.717, 1.165) is 5.69 Å². The molecule has 1 fully saturated rings. The van der Waals surface area contributed by atoms with Gasteiger partial charge in [0.25, 0.3) is 5.91 Å². The smallest absolute Gasteiger partial charge is 0.274 e. The number of likely N-dealkylation sites (tertiary alicyclic amines) is 1. The minimum Gasteiger partial charge on any atom is -0.386 e. The molecule has 0 saturated carbocycles. The standard InChI is InChI=1S/C10H13N3O2/c1-7-3-12-8(4-11-7)9(14)13-5-10(2,15)6-13/h3-4,15H,5-6H2,1-2H3. The third kappa shape index (κ3) is 1.97. The number of aryl methyl sites for hydroxylation is 1. The molecule has 0 bridgehead atoms. The number of hydrogen-bond donors (Lipinski definition) is 1. The van der Waals surface area contributed by atoms with Crippen LogP contribution in [-0.4, -0.2) is 44.6 Å². The average Bonchev–Trinajstić information content (AvgIpc) is 2.14. The Morgan fingerprint density at radius 1 is 1.47 bits per heavy atom. The number of carbonyl (C=O) groups is 1. The molecular weight excluding hydrogens is 194 g/mol. The quantitative estimate of drug-likeness (QED) is 0.703. The number of rotatable bonds is 1. The molecule has 1 aliphatic heterocycles. The van der Waals surface area contributed by atoms with Crippen LogP contribution < -0.4 is 0 Å². The van der Waals surface area contributed by atoms with Crippen molar-refractivity contribution in [3.05, 3.63) is 23.8 Å². The molecule has 0 atom stereocenters. The van der Waals surface area contributed by atoms with Gasteiger partial charge in [-0.2, -0.15) is 0 Å². The van der Waals surface area contributed by atoms with Gasteiger partial charge in [0.2, 0.25) is 0 Å². The molecule has 1 amide bonds. The number of nitrogens with zero attached hydrogens (tertiary/aromatic N) is 3. The van der Waals surface area contributed by atoms with Gasteiger partial charge in [-0.3, -0.25) is 9.78 Å². The average molecular weight is 207 g/mol. The Balaban J connectivity index is 2.07. The molecule has 5 heteroatoms. The molecule has 0 aromatic carbocycles. The van der Waals surface area contributed by atoms with E-state index in [2.05, 4.69) is 9.97 Å². The van der Waals surface area contributed by atoms with Crippen molar-refractivity contribution in [2.75, 3.05) is 13.1 Å². The lowest BCUT2D eigenvalue weighted by atomic mass is 9.97.